The Kier molecular flexibility index (Phi) is 12.1. The third-order valence-corrected chi connectivity index (χ3v) is 4.37. The Bertz CT molecular complexity index is 347. The van der Waals surface area contributed by atoms with Crippen molar-refractivity contribution in [1.82, 2.24) is 0 Å². The number of hydrogen-bond donors (Lipinski definition) is 1. The Hall–Kier alpha value is -0.813. The molecule has 0 saturated carbocycles. The molecule has 23 heavy (non-hydrogen) atoms. The average molecular weight is 345 g/mol. The number of aliphatic hydroxyl groups excluding tert-OH is 1. The van der Waals surface area contributed by atoms with Crippen LogP contribution in [0.25, 0.3) is 0 Å². The summed E-state index contributed by atoms with van der Waals surface area (Å²) in [5, 5.41) is 10.2. The van der Waals surface area contributed by atoms with E-state index in [1.807, 2.05) is 0 Å². The van der Waals surface area contributed by atoms with Crippen molar-refractivity contribution in [3.63, 3.8) is 0 Å². The molecule has 1 atom stereocenters. The largest absolute Gasteiger partial charge is 0.547 e. The molecule has 0 aliphatic rings. The van der Waals surface area contributed by atoms with Gasteiger partial charge in [0.05, 0.1) is 25.0 Å². The Balaban J connectivity index is 4.15. The van der Waals surface area contributed by atoms with Gasteiger partial charge < -0.3 is 14.3 Å². The average Bonchev–Trinajstić information content (AvgIpc) is 2.44. The van der Waals surface area contributed by atoms with Crippen molar-refractivity contribution in [3.8, 4) is 0 Å². The van der Waals surface area contributed by atoms with Crippen molar-refractivity contribution in [2.75, 3.05) is 7.11 Å². The molecule has 1 N–H and O–H groups in total. The highest BCUT2D eigenvalue weighted by Crippen LogP contribution is 2.19. The Morgan fingerprint density at radius 2 is 1.65 bits per heavy atom. The quantitative estimate of drug-likeness (QED) is 0.172. The fraction of sp³-hybridized carbons (Fsp3) is 0.833. The summed E-state index contributed by atoms with van der Waals surface area (Å²) in [4.78, 5) is 11.4. The number of ether oxygens (including phenoxy) is 1. The molecule has 0 radical (unpaired) electrons. The maximum Gasteiger partial charge on any atom is 0.333 e. The zero-order chi connectivity index (χ0) is 17.7. The first-order valence-electron chi connectivity index (χ1n) is 8.94. The lowest BCUT2D eigenvalue weighted by Crippen LogP contribution is -2.26. The van der Waals surface area contributed by atoms with E-state index >= 15 is 0 Å². The van der Waals surface area contributed by atoms with Crippen LogP contribution in [0, 0.1) is 0 Å². The lowest BCUT2D eigenvalue weighted by molar-refractivity contribution is -0.135. The van der Waals surface area contributed by atoms with E-state index in [0.29, 0.717) is 12.2 Å². The van der Waals surface area contributed by atoms with Crippen LogP contribution in [0.2, 0.25) is 19.6 Å². The Labute approximate surface area is 143 Å². The molecule has 0 heterocycles. The van der Waals surface area contributed by atoms with Gasteiger partial charge in [0, 0.05) is 6.42 Å². The van der Waals surface area contributed by atoms with Crippen LogP contribution in [0.3, 0.4) is 0 Å². The van der Waals surface area contributed by atoms with Crippen molar-refractivity contribution in [2.45, 2.75) is 90.5 Å². The molecule has 0 fully saturated rings. The van der Waals surface area contributed by atoms with Gasteiger partial charge in [0.25, 0.3) is 0 Å². The van der Waals surface area contributed by atoms with Gasteiger partial charge in [-0.05, 0) is 26.1 Å². The summed E-state index contributed by atoms with van der Waals surface area (Å²) in [6, 6.07) is 0. The SMILES string of the molecule is CCCCCCCCC[C@@H](O)C/C(=C/C(=O)OC)O[Si](C)(C)C. The minimum atomic E-state index is -1.81. The number of unbranched alkanes of at least 4 members (excludes halogenated alkanes) is 6. The molecule has 0 amide bonds. The highest BCUT2D eigenvalue weighted by molar-refractivity contribution is 6.70. The number of rotatable bonds is 13. The van der Waals surface area contributed by atoms with Gasteiger partial charge in [0.15, 0.2) is 0 Å². The van der Waals surface area contributed by atoms with Gasteiger partial charge in [0.2, 0.25) is 8.32 Å². The highest BCUT2D eigenvalue weighted by atomic mass is 28.4. The van der Waals surface area contributed by atoms with E-state index < -0.39 is 20.4 Å². The van der Waals surface area contributed by atoms with E-state index in [2.05, 4.69) is 31.3 Å². The maximum absolute atomic E-state index is 11.4. The molecule has 0 aliphatic heterocycles. The summed E-state index contributed by atoms with van der Waals surface area (Å²) >= 11 is 0. The second kappa shape index (κ2) is 12.6. The molecule has 0 saturated heterocycles. The van der Waals surface area contributed by atoms with Gasteiger partial charge >= 0.3 is 5.97 Å². The summed E-state index contributed by atoms with van der Waals surface area (Å²) in [6.45, 7) is 8.39. The number of carbonyl (C=O) groups is 1. The number of hydrogen-bond acceptors (Lipinski definition) is 4. The van der Waals surface area contributed by atoms with Gasteiger partial charge in [-0.2, -0.15) is 0 Å². The topological polar surface area (TPSA) is 55.8 Å². The second-order valence-electron chi connectivity index (χ2n) is 7.12. The van der Waals surface area contributed by atoms with Crippen molar-refractivity contribution in [3.05, 3.63) is 11.8 Å². The van der Waals surface area contributed by atoms with Crippen LogP contribution in [-0.4, -0.2) is 32.6 Å². The smallest absolute Gasteiger partial charge is 0.333 e. The van der Waals surface area contributed by atoms with E-state index in [1.165, 1.54) is 45.3 Å². The van der Waals surface area contributed by atoms with Gasteiger partial charge in [-0.25, -0.2) is 4.79 Å². The maximum atomic E-state index is 11.4. The predicted octanol–water partition coefficient (Wildman–Crippen LogP) is 4.79. The molecule has 0 bridgehead atoms. The van der Waals surface area contributed by atoms with Crippen molar-refractivity contribution in [2.24, 2.45) is 0 Å². The molecule has 0 rings (SSSR count). The van der Waals surface area contributed by atoms with Crippen LogP contribution in [0.1, 0.15) is 64.7 Å². The highest BCUT2D eigenvalue weighted by Gasteiger charge is 2.20. The van der Waals surface area contributed by atoms with Crippen LogP contribution >= 0.6 is 0 Å². The molecule has 0 spiro atoms. The van der Waals surface area contributed by atoms with Crippen molar-refractivity contribution in [1.29, 1.82) is 0 Å². The van der Waals surface area contributed by atoms with E-state index in [-0.39, 0.29) is 0 Å². The first kappa shape index (κ1) is 22.2. The summed E-state index contributed by atoms with van der Waals surface area (Å²) in [5.74, 6) is 0.118. The minimum Gasteiger partial charge on any atom is -0.547 e. The fourth-order valence-corrected chi connectivity index (χ4v) is 3.31. The molecule has 136 valence electrons. The molecule has 0 aromatic heterocycles. The number of carbonyl (C=O) groups excluding carboxylic acids is 1. The van der Waals surface area contributed by atoms with Crippen molar-refractivity contribution >= 4 is 14.3 Å². The summed E-state index contributed by atoms with van der Waals surface area (Å²) in [7, 11) is -0.464. The molecular weight excluding hydrogens is 308 g/mol. The first-order chi connectivity index (χ1) is 10.8. The first-order valence-corrected chi connectivity index (χ1v) is 12.3. The normalized spacial score (nSPS) is 13.7. The Morgan fingerprint density at radius 3 is 2.17 bits per heavy atom. The van der Waals surface area contributed by atoms with Crippen LogP contribution in [-0.2, 0) is 14.0 Å². The molecular formula is C18H36O4Si. The molecule has 5 heteroatoms. The van der Waals surface area contributed by atoms with E-state index in [9.17, 15) is 9.90 Å². The second-order valence-corrected chi connectivity index (χ2v) is 11.5. The molecule has 0 unspecified atom stereocenters. The van der Waals surface area contributed by atoms with Gasteiger partial charge in [-0.3, -0.25) is 0 Å². The zero-order valence-electron chi connectivity index (χ0n) is 15.7. The molecule has 0 aromatic carbocycles. The van der Waals surface area contributed by atoms with E-state index in [4.69, 9.17) is 4.43 Å². The number of aliphatic hydroxyl groups is 1. The van der Waals surface area contributed by atoms with E-state index in [1.54, 1.807) is 0 Å². The number of methoxy groups -OCH3 is 1. The van der Waals surface area contributed by atoms with Crippen LogP contribution < -0.4 is 0 Å². The van der Waals surface area contributed by atoms with E-state index in [0.717, 1.165) is 19.3 Å². The molecule has 4 nitrogen and oxygen atoms in total. The van der Waals surface area contributed by atoms with Gasteiger partial charge in [0.1, 0.15) is 0 Å². The van der Waals surface area contributed by atoms with Crippen LogP contribution in [0.5, 0.6) is 0 Å². The Morgan fingerprint density at radius 1 is 1.09 bits per heavy atom. The zero-order valence-corrected chi connectivity index (χ0v) is 16.7. The lowest BCUT2D eigenvalue weighted by Gasteiger charge is -2.23. The third-order valence-electron chi connectivity index (χ3n) is 3.50. The van der Waals surface area contributed by atoms with Crippen LogP contribution in [0.4, 0.5) is 0 Å². The van der Waals surface area contributed by atoms with Crippen LogP contribution in [0.15, 0.2) is 11.8 Å². The van der Waals surface area contributed by atoms with Crippen molar-refractivity contribution < 1.29 is 19.1 Å². The number of esters is 1. The molecule has 0 aromatic rings. The molecule has 0 aliphatic carbocycles. The summed E-state index contributed by atoms with van der Waals surface area (Å²) in [6.07, 6.45) is 10.6. The predicted molar refractivity (Wildman–Crippen MR) is 97.8 cm³/mol. The third kappa shape index (κ3) is 14.5. The van der Waals surface area contributed by atoms with Gasteiger partial charge in [-0.15, -0.1) is 0 Å². The van der Waals surface area contributed by atoms with Gasteiger partial charge in [-0.1, -0.05) is 51.9 Å². The fourth-order valence-electron chi connectivity index (χ4n) is 2.39. The summed E-state index contributed by atoms with van der Waals surface area (Å²) < 4.78 is 10.6. The summed E-state index contributed by atoms with van der Waals surface area (Å²) in [5.41, 5.74) is 0. The minimum absolute atomic E-state index is 0.384. The monoisotopic (exact) mass is 344 g/mol. The standard InChI is InChI=1S/C18H36O4Si/c1-6-7-8-9-10-11-12-13-16(19)14-17(15-18(20)21-2)22-23(3,4)5/h15-16,19H,6-14H2,1-5H3/b17-15-/t16-/m1/s1. The lowest BCUT2D eigenvalue weighted by atomic mass is 10.0.